The molecular weight excluding hydrogens is 660 g/mol. The average molecular weight is 690 g/mol. The van der Waals surface area contributed by atoms with Crippen molar-refractivity contribution in [3.05, 3.63) is 111 Å². The number of carbonyl (C=O) groups excluding carboxylic acids is 1. The van der Waals surface area contributed by atoms with Gasteiger partial charge in [0.05, 0.1) is 20.4 Å². The van der Waals surface area contributed by atoms with E-state index in [-0.39, 0.29) is 29.5 Å². The van der Waals surface area contributed by atoms with Gasteiger partial charge >= 0.3 is 0 Å². The lowest BCUT2D eigenvalue weighted by molar-refractivity contribution is -0.125. The molecular formula is C29H30BrCl4N3O3. The van der Waals surface area contributed by atoms with Crippen LogP contribution in [0.2, 0.25) is 15.1 Å². The standard InChI is InChI=1S/C29H29Cl4N3O3.BrH/c1-19(29(37)34-16-20-3-11-25(38-2)12-4-20)35-13-14-36(18-35)28(33)27(21-5-8-23(30)9-6-21)39-17-22-7-10-24(31)15-26(22)32;/h3-15,19,27-28H,16-18H2,1-2H3,(H,34,37);1H. The van der Waals surface area contributed by atoms with Gasteiger partial charge in [-0.3, -0.25) is 4.79 Å². The van der Waals surface area contributed by atoms with Crippen LogP contribution in [-0.2, 0) is 22.7 Å². The van der Waals surface area contributed by atoms with Crippen LogP contribution in [0.1, 0.15) is 29.7 Å². The van der Waals surface area contributed by atoms with Gasteiger partial charge < -0.3 is 24.6 Å². The number of amides is 1. The zero-order valence-corrected chi connectivity index (χ0v) is 26.6. The van der Waals surface area contributed by atoms with Crippen LogP contribution >= 0.6 is 63.4 Å². The summed E-state index contributed by atoms with van der Waals surface area (Å²) in [7, 11) is 1.62. The fraction of sp³-hybridized carbons (Fsp3) is 0.276. The highest BCUT2D eigenvalue weighted by Gasteiger charge is 2.32. The number of alkyl halides is 1. The van der Waals surface area contributed by atoms with Crippen molar-refractivity contribution in [3.8, 4) is 5.75 Å². The van der Waals surface area contributed by atoms with Crippen molar-refractivity contribution in [1.82, 2.24) is 15.1 Å². The summed E-state index contributed by atoms with van der Waals surface area (Å²) < 4.78 is 11.5. The van der Waals surface area contributed by atoms with Crippen molar-refractivity contribution in [1.29, 1.82) is 0 Å². The van der Waals surface area contributed by atoms with E-state index in [4.69, 9.17) is 55.9 Å². The van der Waals surface area contributed by atoms with Gasteiger partial charge in [0.15, 0.2) is 0 Å². The van der Waals surface area contributed by atoms with Crippen LogP contribution in [0, 0.1) is 0 Å². The summed E-state index contributed by atoms with van der Waals surface area (Å²) in [4.78, 5) is 16.7. The maximum atomic E-state index is 12.9. The number of methoxy groups -OCH3 is 1. The molecule has 3 unspecified atom stereocenters. The molecule has 0 aliphatic carbocycles. The number of nitrogens with one attached hydrogen (secondary N) is 1. The molecule has 0 bridgehead atoms. The lowest BCUT2D eigenvalue weighted by Crippen LogP contribution is -2.45. The molecule has 1 aliphatic heterocycles. The highest BCUT2D eigenvalue weighted by molar-refractivity contribution is 8.93. The molecule has 0 fully saturated rings. The molecule has 0 radical (unpaired) electrons. The average Bonchev–Trinajstić information content (AvgIpc) is 3.44. The summed E-state index contributed by atoms with van der Waals surface area (Å²) in [5.74, 6) is 0.680. The first-order valence-electron chi connectivity index (χ1n) is 12.3. The Morgan fingerprint density at radius 1 is 0.950 bits per heavy atom. The van der Waals surface area contributed by atoms with Crippen molar-refractivity contribution in [2.45, 2.75) is 37.7 Å². The van der Waals surface area contributed by atoms with Crippen LogP contribution in [0.3, 0.4) is 0 Å². The van der Waals surface area contributed by atoms with E-state index in [0.29, 0.717) is 28.3 Å². The van der Waals surface area contributed by atoms with Crippen LogP contribution < -0.4 is 10.1 Å². The Hall–Kier alpha value is -2.13. The van der Waals surface area contributed by atoms with Crippen LogP contribution in [-0.4, -0.2) is 41.0 Å². The van der Waals surface area contributed by atoms with Gasteiger partial charge in [0.25, 0.3) is 0 Å². The van der Waals surface area contributed by atoms with Gasteiger partial charge in [-0.1, -0.05) is 76.7 Å². The van der Waals surface area contributed by atoms with Crippen molar-refractivity contribution in [3.63, 3.8) is 0 Å². The SMILES string of the molecule is Br.COc1ccc(CNC(=O)C(C)N2C=CN(C(Cl)C(OCc3ccc(Cl)cc3Cl)c3ccc(Cl)cc3)C2)cc1. The lowest BCUT2D eigenvalue weighted by Gasteiger charge is -2.33. The molecule has 0 saturated heterocycles. The molecule has 11 heteroatoms. The van der Waals surface area contributed by atoms with E-state index in [1.807, 2.05) is 71.6 Å². The largest absolute Gasteiger partial charge is 0.497 e. The number of hydrogen-bond donors (Lipinski definition) is 1. The van der Waals surface area contributed by atoms with E-state index >= 15 is 0 Å². The Bertz CT molecular complexity index is 1290. The summed E-state index contributed by atoms with van der Waals surface area (Å²) in [5.41, 5.74) is 2.07. The monoisotopic (exact) mass is 687 g/mol. The molecule has 40 heavy (non-hydrogen) atoms. The topological polar surface area (TPSA) is 54.0 Å². The molecule has 0 spiro atoms. The normalized spacial score (nSPS) is 14.8. The minimum Gasteiger partial charge on any atom is -0.497 e. The third-order valence-corrected chi connectivity index (χ3v) is 7.80. The Morgan fingerprint density at radius 3 is 2.25 bits per heavy atom. The summed E-state index contributed by atoms with van der Waals surface area (Å²) in [6, 6.07) is 19.8. The molecule has 3 aromatic carbocycles. The molecule has 1 N–H and O–H groups in total. The van der Waals surface area contributed by atoms with Crippen molar-refractivity contribution in [2.24, 2.45) is 0 Å². The maximum absolute atomic E-state index is 12.9. The summed E-state index contributed by atoms with van der Waals surface area (Å²) in [5, 5.41) is 4.68. The van der Waals surface area contributed by atoms with Crippen molar-refractivity contribution in [2.75, 3.05) is 13.8 Å². The second-order valence-corrected chi connectivity index (χ2v) is 10.8. The molecule has 3 aromatic rings. The lowest BCUT2D eigenvalue weighted by atomic mass is 10.1. The molecule has 1 heterocycles. The molecule has 6 nitrogen and oxygen atoms in total. The second-order valence-electron chi connectivity index (χ2n) is 9.10. The minimum absolute atomic E-state index is 0. The molecule has 4 rings (SSSR count). The van der Waals surface area contributed by atoms with Crippen molar-refractivity contribution < 1.29 is 14.3 Å². The Kier molecular flexibility index (Phi) is 12.3. The third-order valence-electron chi connectivity index (χ3n) is 6.48. The Morgan fingerprint density at radius 2 is 1.60 bits per heavy atom. The molecule has 214 valence electrons. The molecule has 1 aliphatic rings. The van der Waals surface area contributed by atoms with Crippen LogP contribution in [0.5, 0.6) is 5.75 Å². The first kappa shape index (κ1) is 32.4. The quantitative estimate of drug-likeness (QED) is 0.165. The van der Waals surface area contributed by atoms with Gasteiger partial charge in [0.2, 0.25) is 5.91 Å². The number of rotatable bonds is 11. The van der Waals surface area contributed by atoms with Gasteiger partial charge in [0, 0.05) is 34.0 Å². The van der Waals surface area contributed by atoms with E-state index in [1.54, 1.807) is 31.4 Å². The minimum atomic E-state index is -0.576. The fourth-order valence-electron chi connectivity index (χ4n) is 4.08. The van der Waals surface area contributed by atoms with Gasteiger partial charge in [-0.25, -0.2) is 0 Å². The van der Waals surface area contributed by atoms with Crippen LogP contribution in [0.4, 0.5) is 0 Å². The van der Waals surface area contributed by atoms with Crippen LogP contribution in [0.15, 0.2) is 79.1 Å². The molecule has 3 atom stereocenters. The second kappa shape index (κ2) is 15.2. The van der Waals surface area contributed by atoms with Gasteiger partial charge in [-0.2, -0.15) is 0 Å². The summed E-state index contributed by atoms with van der Waals surface area (Å²) >= 11 is 25.5. The van der Waals surface area contributed by atoms with E-state index < -0.39 is 17.6 Å². The Labute approximate surface area is 265 Å². The number of nitrogens with zero attached hydrogens (tertiary/aromatic N) is 2. The third kappa shape index (κ3) is 8.44. The molecule has 0 aromatic heterocycles. The van der Waals surface area contributed by atoms with Crippen molar-refractivity contribution >= 4 is 69.3 Å². The highest BCUT2D eigenvalue weighted by Crippen LogP contribution is 2.33. The van der Waals surface area contributed by atoms with E-state index in [2.05, 4.69) is 5.32 Å². The van der Waals surface area contributed by atoms with Crippen LogP contribution in [0.25, 0.3) is 0 Å². The zero-order valence-electron chi connectivity index (χ0n) is 21.9. The first-order chi connectivity index (χ1) is 18.7. The zero-order chi connectivity index (χ0) is 27.9. The Balaban J connectivity index is 0.00000441. The highest BCUT2D eigenvalue weighted by atomic mass is 79.9. The van der Waals surface area contributed by atoms with E-state index in [1.165, 1.54) is 0 Å². The first-order valence-corrected chi connectivity index (χ1v) is 13.9. The maximum Gasteiger partial charge on any atom is 0.242 e. The summed E-state index contributed by atoms with van der Waals surface area (Å²) in [6.45, 7) is 2.93. The number of carbonyl (C=O) groups is 1. The number of ether oxygens (including phenoxy) is 2. The number of benzene rings is 3. The number of hydrogen-bond acceptors (Lipinski definition) is 5. The van der Waals surface area contributed by atoms with Gasteiger partial charge in [-0.05, 0) is 60.0 Å². The molecule has 1 amide bonds. The fourth-order valence-corrected chi connectivity index (χ4v) is 5.01. The predicted octanol–water partition coefficient (Wildman–Crippen LogP) is 7.81. The van der Waals surface area contributed by atoms with Gasteiger partial charge in [0.1, 0.15) is 23.4 Å². The predicted molar refractivity (Wildman–Crippen MR) is 167 cm³/mol. The van der Waals surface area contributed by atoms with E-state index in [9.17, 15) is 4.79 Å². The van der Waals surface area contributed by atoms with E-state index in [0.717, 1.165) is 22.4 Å². The number of halogens is 5. The smallest absolute Gasteiger partial charge is 0.242 e. The molecule has 0 saturated carbocycles. The van der Waals surface area contributed by atoms with Gasteiger partial charge in [-0.15, -0.1) is 17.0 Å². The summed E-state index contributed by atoms with van der Waals surface area (Å²) in [6.07, 6.45) is 3.22.